The highest BCUT2D eigenvalue weighted by Gasteiger charge is 2.26. The van der Waals surface area contributed by atoms with E-state index in [-0.39, 0.29) is 5.92 Å². The van der Waals surface area contributed by atoms with Crippen LogP contribution >= 0.6 is 0 Å². The Hall–Kier alpha value is -0.180. The average molecular weight is 298 g/mol. The third-order valence-electron chi connectivity index (χ3n) is 3.24. The summed E-state index contributed by atoms with van der Waals surface area (Å²) < 4.78 is 49.8. The summed E-state index contributed by atoms with van der Waals surface area (Å²) in [4.78, 5) is 0. The van der Waals surface area contributed by atoms with Gasteiger partial charge < -0.3 is 0 Å². The highest BCUT2D eigenvalue weighted by atomic mass is 32.2. The van der Waals surface area contributed by atoms with Gasteiger partial charge in [0, 0.05) is 19.6 Å². The van der Waals surface area contributed by atoms with Gasteiger partial charge in [-0.2, -0.15) is 0 Å². The number of nitrogens with one attached hydrogen (secondary N) is 1. The minimum absolute atomic E-state index is 0.219. The Balaban J connectivity index is 2.42. The Morgan fingerprint density at radius 3 is 2.06 bits per heavy atom. The van der Waals surface area contributed by atoms with E-state index in [2.05, 4.69) is 4.72 Å². The summed E-state index contributed by atoms with van der Waals surface area (Å²) in [7, 11) is -6.33. The molecule has 1 N–H and O–H groups in total. The predicted octanol–water partition coefficient (Wildman–Crippen LogP) is -0.0142. The van der Waals surface area contributed by atoms with Crippen molar-refractivity contribution in [3.8, 4) is 0 Å². The molecule has 0 unspecified atom stereocenters. The van der Waals surface area contributed by atoms with E-state index < -0.39 is 25.3 Å². The average Bonchev–Trinajstić information content (AvgIpc) is 2.25. The standard InChI is InChI=1S/C10H22N2O4S2/c1-9(2)18(15,16)11-8-10-4-6-12(7-5-10)17(3,13)14/h9-11H,4-8H2,1-3H3. The van der Waals surface area contributed by atoms with Gasteiger partial charge in [0.25, 0.3) is 0 Å². The van der Waals surface area contributed by atoms with Crippen LogP contribution in [-0.4, -0.2) is 52.3 Å². The second-order valence-corrected chi connectivity index (χ2v) is 9.35. The predicted molar refractivity (Wildman–Crippen MR) is 71.2 cm³/mol. The first-order valence-electron chi connectivity index (χ1n) is 6.06. The second kappa shape index (κ2) is 5.85. The minimum Gasteiger partial charge on any atom is -0.215 e. The monoisotopic (exact) mass is 298 g/mol. The first-order valence-corrected chi connectivity index (χ1v) is 9.46. The van der Waals surface area contributed by atoms with Crippen molar-refractivity contribution >= 4 is 20.0 Å². The van der Waals surface area contributed by atoms with E-state index in [0.717, 1.165) is 0 Å². The van der Waals surface area contributed by atoms with Gasteiger partial charge in [0.2, 0.25) is 20.0 Å². The molecule has 0 aromatic rings. The molecular formula is C10H22N2O4S2. The number of sulfonamides is 2. The van der Waals surface area contributed by atoms with Gasteiger partial charge in [-0.15, -0.1) is 0 Å². The van der Waals surface area contributed by atoms with E-state index in [1.165, 1.54) is 10.6 Å². The molecule has 1 heterocycles. The Labute approximate surface area is 110 Å². The zero-order valence-corrected chi connectivity index (χ0v) is 12.7. The van der Waals surface area contributed by atoms with Crippen LogP contribution in [0, 0.1) is 5.92 Å². The number of nitrogens with zero attached hydrogens (tertiary/aromatic N) is 1. The number of rotatable bonds is 5. The Kier molecular flexibility index (Phi) is 5.16. The SMILES string of the molecule is CC(C)S(=O)(=O)NCC1CCN(S(C)(=O)=O)CC1. The molecule has 0 atom stereocenters. The van der Waals surface area contributed by atoms with Gasteiger partial charge in [0.05, 0.1) is 11.5 Å². The molecular weight excluding hydrogens is 276 g/mol. The first-order chi connectivity index (χ1) is 8.13. The maximum atomic E-state index is 11.6. The van der Waals surface area contributed by atoms with Crippen LogP contribution in [0.3, 0.4) is 0 Å². The van der Waals surface area contributed by atoms with Crippen molar-refractivity contribution in [2.45, 2.75) is 31.9 Å². The van der Waals surface area contributed by atoms with Crippen LogP contribution in [0.4, 0.5) is 0 Å². The van der Waals surface area contributed by atoms with Crippen molar-refractivity contribution in [1.82, 2.24) is 9.03 Å². The Morgan fingerprint density at radius 2 is 1.67 bits per heavy atom. The van der Waals surface area contributed by atoms with Gasteiger partial charge in [0.1, 0.15) is 0 Å². The minimum atomic E-state index is -3.22. The van der Waals surface area contributed by atoms with Crippen LogP contribution in [0.15, 0.2) is 0 Å². The van der Waals surface area contributed by atoms with Gasteiger partial charge in [0.15, 0.2) is 0 Å². The summed E-state index contributed by atoms with van der Waals surface area (Å²) in [6.45, 7) is 4.63. The summed E-state index contributed by atoms with van der Waals surface area (Å²) in [6.07, 6.45) is 2.61. The molecule has 1 saturated heterocycles. The molecule has 6 nitrogen and oxygen atoms in total. The molecule has 18 heavy (non-hydrogen) atoms. The molecule has 1 rings (SSSR count). The van der Waals surface area contributed by atoms with Crippen molar-refractivity contribution in [1.29, 1.82) is 0 Å². The molecule has 0 radical (unpaired) electrons. The largest absolute Gasteiger partial charge is 0.215 e. The maximum Gasteiger partial charge on any atom is 0.213 e. The van der Waals surface area contributed by atoms with Gasteiger partial charge in [-0.25, -0.2) is 25.9 Å². The topological polar surface area (TPSA) is 83.6 Å². The van der Waals surface area contributed by atoms with Crippen molar-refractivity contribution in [3.05, 3.63) is 0 Å². The first kappa shape index (κ1) is 15.9. The van der Waals surface area contributed by atoms with Crippen LogP contribution in [0.25, 0.3) is 0 Å². The maximum absolute atomic E-state index is 11.6. The van der Waals surface area contributed by atoms with E-state index in [9.17, 15) is 16.8 Å². The summed E-state index contributed by atoms with van der Waals surface area (Å²) in [5.74, 6) is 0.219. The van der Waals surface area contributed by atoms with Crippen LogP contribution in [0.5, 0.6) is 0 Å². The lowest BCUT2D eigenvalue weighted by molar-refractivity contribution is 0.275. The second-order valence-electron chi connectivity index (χ2n) is 5.05. The Morgan fingerprint density at radius 1 is 1.17 bits per heavy atom. The van der Waals surface area contributed by atoms with Crippen molar-refractivity contribution in [2.24, 2.45) is 5.92 Å². The van der Waals surface area contributed by atoms with E-state index in [4.69, 9.17) is 0 Å². The van der Waals surface area contributed by atoms with Crippen LogP contribution in [0.1, 0.15) is 26.7 Å². The van der Waals surface area contributed by atoms with Crippen LogP contribution in [-0.2, 0) is 20.0 Å². The summed E-state index contributed by atoms with van der Waals surface area (Å²) >= 11 is 0. The molecule has 108 valence electrons. The fraction of sp³-hybridized carbons (Fsp3) is 1.00. The fourth-order valence-electron chi connectivity index (χ4n) is 1.85. The van der Waals surface area contributed by atoms with E-state index in [1.807, 2.05) is 0 Å². The summed E-state index contributed by atoms with van der Waals surface area (Å²) in [5.41, 5.74) is 0. The van der Waals surface area contributed by atoms with Crippen molar-refractivity contribution in [2.75, 3.05) is 25.9 Å². The van der Waals surface area contributed by atoms with Gasteiger partial charge in [-0.05, 0) is 32.6 Å². The van der Waals surface area contributed by atoms with Gasteiger partial charge in [-0.1, -0.05) is 0 Å². The molecule has 0 aromatic heterocycles. The Bertz CT molecular complexity index is 462. The van der Waals surface area contributed by atoms with E-state index in [0.29, 0.717) is 32.5 Å². The molecule has 0 saturated carbocycles. The molecule has 1 fully saturated rings. The normalized spacial score (nSPS) is 20.4. The van der Waals surface area contributed by atoms with Crippen molar-refractivity contribution in [3.63, 3.8) is 0 Å². The molecule has 0 bridgehead atoms. The van der Waals surface area contributed by atoms with Gasteiger partial charge >= 0.3 is 0 Å². The quantitative estimate of drug-likeness (QED) is 0.773. The lowest BCUT2D eigenvalue weighted by atomic mass is 9.99. The number of hydrogen-bond acceptors (Lipinski definition) is 4. The van der Waals surface area contributed by atoms with E-state index >= 15 is 0 Å². The highest BCUT2D eigenvalue weighted by Crippen LogP contribution is 2.18. The molecule has 8 heteroatoms. The fourth-order valence-corrected chi connectivity index (χ4v) is 3.52. The summed E-state index contributed by atoms with van der Waals surface area (Å²) in [5, 5.41) is -0.436. The molecule has 0 aromatic carbocycles. The molecule has 1 aliphatic heterocycles. The zero-order chi connectivity index (χ0) is 14.0. The third-order valence-corrected chi connectivity index (χ3v) is 6.35. The van der Waals surface area contributed by atoms with Crippen LogP contribution < -0.4 is 4.72 Å². The lowest BCUT2D eigenvalue weighted by Gasteiger charge is -2.30. The lowest BCUT2D eigenvalue weighted by Crippen LogP contribution is -2.42. The van der Waals surface area contributed by atoms with Crippen molar-refractivity contribution < 1.29 is 16.8 Å². The van der Waals surface area contributed by atoms with Crippen LogP contribution in [0.2, 0.25) is 0 Å². The molecule has 1 aliphatic rings. The number of piperidine rings is 1. The molecule has 0 aliphatic carbocycles. The highest BCUT2D eigenvalue weighted by molar-refractivity contribution is 7.90. The van der Waals surface area contributed by atoms with E-state index in [1.54, 1.807) is 13.8 Å². The third kappa shape index (κ3) is 4.49. The molecule has 0 amide bonds. The summed E-state index contributed by atoms with van der Waals surface area (Å²) in [6, 6.07) is 0. The van der Waals surface area contributed by atoms with Gasteiger partial charge in [-0.3, -0.25) is 0 Å². The zero-order valence-electron chi connectivity index (χ0n) is 11.1. The number of hydrogen-bond donors (Lipinski definition) is 1. The molecule has 0 spiro atoms. The smallest absolute Gasteiger partial charge is 0.213 e.